The van der Waals surface area contributed by atoms with Crippen LogP contribution in [0.3, 0.4) is 0 Å². The maximum atomic E-state index is 13.0. The second-order valence-electron chi connectivity index (χ2n) is 5.96. The molecule has 2 aromatic carbocycles. The van der Waals surface area contributed by atoms with Crippen LogP contribution in [0.2, 0.25) is 0 Å². The summed E-state index contributed by atoms with van der Waals surface area (Å²) in [5, 5.41) is 13.2. The molecule has 0 spiro atoms. The predicted octanol–water partition coefficient (Wildman–Crippen LogP) is 5.29. The Morgan fingerprint density at radius 2 is 1.55 bits per heavy atom. The van der Waals surface area contributed by atoms with Crippen molar-refractivity contribution in [3.05, 3.63) is 57.1 Å². The van der Waals surface area contributed by atoms with Crippen LogP contribution in [0.15, 0.2) is 30.3 Å². The van der Waals surface area contributed by atoms with Gasteiger partial charge in [0, 0.05) is 11.8 Å². The Balaban J connectivity index is 2.56. The van der Waals surface area contributed by atoms with Crippen LogP contribution < -0.4 is 14.8 Å². The lowest BCUT2D eigenvalue weighted by Gasteiger charge is -2.15. The van der Waals surface area contributed by atoms with Gasteiger partial charge in [0.1, 0.15) is 5.56 Å². The van der Waals surface area contributed by atoms with Gasteiger partial charge in [-0.15, -0.1) is 0 Å². The summed E-state index contributed by atoms with van der Waals surface area (Å²) in [6, 6.07) is 2.22. The van der Waals surface area contributed by atoms with Gasteiger partial charge in [0.15, 0.2) is 11.5 Å². The molecule has 31 heavy (non-hydrogen) atoms. The van der Waals surface area contributed by atoms with E-state index in [-0.39, 0.29) is 36.3 Å². The second-order valence-corrected chi connectivity index (χ2v) is 5.96. The third-order valence-electron chi connectivity index (χ3n) is 3.87. The van der Waals surface area contributed by atoms with E-state index in [4.69, 9.17) is 9.47 Å². The Bertz CT molecular complexity index is 972. The number of carbonyl (C=O) groups is 1. The van der Waals surface area contributed by atoms with Crippen LogP contribution in [0.1, 0.15) is 28.4 Å². The van der Waals surface area contributed by atoms with E-state index in [1.807, 2.05) is 5.32 Å². The van der Waals surface area contributed by atoms with Crippen molar-refractivity contribution in [3.8, 4) is 11.5 Å². The van der Waals surface area contributed by atoms with Gasteiger partial charge in [0.25, 0.3) is 11.6 Å². The van der Waals surface area contributed by atoms with E-state index in [2.05, 4.69) is 0 Å². The number of nitrogens with one attached hydrogen (secondary N) is 1. The number of benzene rings is 2. The number of hydrogen-bond donors (Lipinski definition) is 1. The van der Waals surface area contributed by atoms with Gasteiger partial charge in [0.2, 0.25) is 0 Å². The molecule has 0 radical (unpaired) electrons. The highest BCUT2D eigenvalue weighted by Crippen LogP contribution is 2.38. The first kappa shape index (κ1) is 23.8. The first-order valence-electron chi connectivity index (χ1n) is 8.38. The molecule has 0 atom stereocenters. The summed E-state index contributed by atoms with van der Waals surface area (Å²) in [4.78, 5) is 22.9. The molecule has 0 saturated heterocycles. The van der Waals surface area contributed by atoms with Crippen LogP contribution in [0.5, 0.6) is 11.5 Å². The Kier molecular flexibility index (Phi) is 6.67. The standard InChI is InChI=1S/C18H14F6N2O5/c1-3-31-15-7-12(13(26(28)29)8-14(15)30-2)16(27)25-11-5-9(17(19,20)21)4-10(6-11)18(22,23)24/h4-8H,3H2,1-2H3,(H,25,27). The zero-order chi connectivity index (χ0) is 23.6. The van der Waals surface area contributed by atoms with Crippen LogP contribution >= 0.6 is 0 Å². The maximum Gasteiger partial charge on any atom is 0.416 e. The average Bonchev–Trinajstić information content (AvgIpc) is 2.66. The van der Waals surface area contributed by atoms with Gasteiger partial charge in [-0.25, -0.2) is 0 Å². The molecule has 0 fully saturated rings. The molecular formula is C18H14F6N2O5. The number of ether oxygens (including phenoxy) is 2. The second kappa shape index (κ2) is 8.70. The number of halogens is 6. The Hall–Kier alpha value is -3.51. The number of carbonyl (C=O) groups excluding carboxylic acids is 1. The molecule has 7 nitrogen and oxygen atoms in total. The van der Waals surface area contributed by atoms with Gasteiger partial charge in [-0.3, -0.25) is 14.9 Å². The molecule has 0 aromatic heterocycles. The maximum absolute atomic E-state index is 13.0. The summed E-state index contributed by atoms with van der Waals surface area (Å²) in [6.45, 7) is 1.65. The molecule has 0 aliphatic rings. The molecular weight excluding hydrogens is 438 g/mol. The Labute approximate surface area is 170 Å². The van der Waals surface area contributed by atoms with Gasteiger partial charge in [-0.05, 0) is 25.1 Å². The van der Waals surface area contributed by atoms with E-state index >= 15 is 0 Å². The summed E-state index contributed by atoms with van der Waals surface area (Å²) in [5.41, 5.74) is -5.61. The third-order valence-corrected chi connectivity index (χ3v) is 3.87. The quantitative estimate of drug-likeness (QED) is 0.365. The lowest BCUT2D eigenvalue weighted by molar-refractivity contribution is -0.385. The highest BCUT2D eigenvalue weighted by atomic mass is 19.4. The fraction of sp³-hybridized carbons (Fsp3) is 0.278. The molecule has 2 rings (SSSR count). The van der Waals surface area contributed by atoms with Gasteiger partial charge in [-0.2, -0.15) is 26.3 Å². The van der Waals surface area contributed by atoms with E-state index in [0.717, 1.165) is 12.1 Å². The SMILES string of the molecule is CCOc1cc(C(=O)Nc2cc(C(F)(F)F)cc(C(F)(F)F)c2)c([N+](=O)[O-])cc1OC. The number of methoxy groups -OCH3 is 1. The van der Waals surface area contributed by atoms with Crippen LogP contribution in [-0.4, -0.2) is 24.5 Å². The van der Waals surface area contributed by atoms with Gasteiger partial charge >= 0.3 is 12.4 Å². The molecule has 0 unspecified atom stereocenters. The van der Waals surface area contributed by atoms with Gasteiger partial charge in [0.05, 0.1) is 35.8 Å². The number of hydrogen-bond acceptors (Lipinski definition) is 5. The smallest absolute Gasteiger partial charge is 0.416 e. The highest BCUT2D eigenvalue weighted by molar-refractivity contribution is 6.07. The fourth-order valence-corrected chi connectivity index (χ4v) is 2.54. The fourth-order valence-electron chi connectivity index (χ4n) is 2.54. The summed E-state index contributed by atoms with van der Waals surface area (Å²) in [6.07, 6.45) is -10.3. The van der Waals surface area contributed by atoms with Crippen molar-refractivity contribution in [1.82, 2.24) is 0 Å². The summed E-state index contributed by atoms with van der Waals surface area (Å²) >= 11 is 0. The number of nitro groups is 1. The number of rotatable bonds is 6. The molecule has 0 aliphatic carbocycles. The topological polar surface area (TPSA) is 90.7 Å². The highest BCUT2D eigenvalue weighted by Gasteiger charge is 2.37. The van der Waals surface area contributed by atoms with Gasteiger partial charge in [-0.1, -0.05) is 0 Å². The van der Waals surface area contributed by atoms with Crippen molar-refractivity contribution in [2.24, 2.45) is 0 Å². The minimum Gasteiger partial charge on any atom is -0.493 e. The lowest BCUT2D eigenvalue weighted by atomic mass is 10.1. The first-order valence-corrected chi connectivity index (χ1v) is 8.38. The van der Waals surface area contributed by atoms with Crippen LogP contribution in [-0.2, 0) is 12.4 Å². The van der Waals surface area contributed by atoms with E-state index in [9.17, 15) is 41.3 Å². The van der Waals surface area contributed by atoms with Crippen LogP contribution in [0.4, 0.5) is 37.7 Å². The minimum absolute atomic E-state index is 0.0812. The number of amides is 1. The molecule has 1 N–H and O–H groups in total. The monoisotopic (exact) mass is 452 g/mol. The van der Waals surface area contributed by atoms with E-state index in [1.165, 1.54) is 7.11 Å². The lowest BCUT2D eigenvalue weighted by Crippen LogP contribution is -2.17. The van der Waals surface area contributed by atoms with Crippen molar-refractivity contribution < 1.29 is 45.5 Å². The molecule has 0 bridgehead atoms. The number of anilines is 1. The van der Waals surface area contributed by atoms with E-state index in [1.54, 1.807) is 6.92 Å². The number of alkyl halides is 6. The minimum atomic E-state index is -5.13. The zero-order valence-electron chi connectivity index (χ0n) is 15.9. The van der Waals surface area contributed by atoms with Crippen molar-refractivity contribution >= 4 is 17.3 Å². The molecule has 1 amide bonds. The predicted molar refractivity (Wildman–Crippen MR) is 95.2 cm³/mol. The summed E-state index contributed by atoms with van der Waals surface area (Å²) < 4.78 is 88.1. The Morgan fingerprint density at radius 1 is 1.00 bits per heavy atom. The van der Waals surface area contributed by atoms with Crippen LogP contribution in [0.25, 0.3) is 0 Å². The average molecular weight is 452 g/mol. The number of nitro benzene ring substituents is 1. The van der Waals surface area contributed by atoms with Crippen molar-refractivity contribution in [1.29, 1.82) is 0 Å². The van der Waals surface area contributed by atoms with Crippen molar-refractivity contribution in [3.63, 3.8) is 0 Å². The molecule has 2 aromatic rings. The normalized spacial score (nSPS) is 11.7. The van der Waals surface area contributed by atoms with Crippen LogP contribution in [0, 0.1) is 10.1 Å². The van der Waals surface area contributed by atoms with Crippen molar-refractivity contribution in [2.45, 2.75) is 19.3 Å². The molecule has 168 valence electrons. The zero-order valence-corrected chi connectivity index (χ0v) is 15.9. The summed E-state index contributed by atoms with van der Waals surface area (Å²) in [7, 11) is 1.18. The van der Waals surface area contributed by atoms with Crippen molar-refractivity contribution in [2.75, 3.05) is 19.0 Å². The largest absolute Gasteiger partial charge is 0.493 e. The summed E-state index contributed by atoms with van der Waals surface area (Å²) in [5.74, 6) is -1.49. The molecule has 0 saturated carbocycles. The molecule has 13 heteroatoms. The van der Waals surface area contributed by atoms with E-state index in [0.29, 0.717) is 0 Å². The molecule has 0 aliphatic heterocycles. The first-order chi connectivity index (χ1) is 14.3. The number of nitrogens with zero attached hydrogens (tertiary/aromatic N) is 1. The van der Waals surface area contributed by atoms with E-state index < -0.39 is 51.2 Å². The third kappa shape index (κ3) is 5.55. The molecule has 0 heterocycles. The Morgan fingerprint density at radius 3 is 1.97 bits per heavy atom. The van der Waals surface area contributed by atoms with Gasteiger partial charge < -0.3 is 14.8 Å².